The summed E-state index contributed by atoms with van der Waals surface area (Å²) in [6, 6.07) is 1.73. The van der Waals surface area contributed by atoms with Crippen LogP contribution >= 0.6 is 0 Å². The number of hydrogen-bond acceptors (Lipinski definition) is 4. The molecule has 0 aliphatic carbocycles. The van der Waals surface area contributed by atoms with Crippen molar-refractivity contribution in [1.82, 2.24) is 4.98 Å². The quantitative estimate of drug-likeness (QED) is 0.758. The Bertz CT molecular complexity index is 367. The second kappa shape index (κ2) is 6.68. The van der Waals surface area contributed by atoms with E-state index in [0.29, 0.717) is 13.2 Å². The van der Waals surface area contributed by atoms with Crippen molar-refractivity contribution in [1.29, 1.82) is 0 Å². The maximum atomic E-state index is 11.0. The van der Waals surface area contributed by atoms with E-state index in [4.69, 9.17) is 9.84 Å². The molecule has 6 heteroatoms. The normalized spacial score (nSPS) is 15.4. The largest absolute Gasteiger partial charge is 0.478 e. The monoisotopic (exact) mass is 247 g/mol. The first-order valence-electron chi connectivity index (χ1n) is 4.79. The van der Waals surface area contributed by atoms with E-state index in [-0.39, 0.29) is 56.9 Å². The summed E-state index contributed by atoms with van der Waals surface area (Å²) in [6.45, 7) is 2.73. The van der Waals surface area contributed by atoms with Gasteiger partial charge in [-0.3, -0.25) is 4.98 Å². The van der Waals surface area contributed by atoms with Crippen molar-refractivity contribution < 1.29 is 14.6 Å². The van der Waals surface area contributed by atoms with Gasteiger partial charge in [0, 0.05) is 76.9 Å². The van der Waals surface area contributed by atoms with Gasteiger partial charge in [0.15, 0.2) is 0 Å². The van der Waals surface area contributed by atoms with Gasteiger partial charge in [0.2, 0.25) is 0 Å². The van der Waals surface area contributed by atoms with E-state index < -0.39 is 5.97 Å². The Morgan fingerprint density at radius 3 is 2.75 bits per heavy atom. The van der Waals surface area contributed by atoms with Crippen LogP contribution in [-0.4, -0.2) is 93.7 Å². The van der Waals surface area contributed by atoms with Gasteiger partial charge in [-0.1, -0.05) is 0 Å². The third kappa shape index (κ3) is 3.25. The fourth-order valence-corrected chi connectivity index (χ4v) is 1.63. The predicted molar refractivity (Wildman–Crippen MR) is 60.0 cm³/mol. The number of carboxylic acid groups (broad SMARTS) is 1. The van der Waals surface area contributed by atoms with Crippen molar-refractivity contribution in [2.45, 2.75) is 0 Å². The van der Waals surface area contributed by atoms with Gasteiger partial charge >= 0.3 is 5.97 Å². The Balaban J connectivity index is 0.00000128. The van der Waals surface area contributed by atoms with Crippen LogP contribution in [0.25, 0.3) is 0 Å². The molecule has 1 fully saturated rings. The van der Waals surface area contributed by atoms with Crippen LogP contribution in [0.4, 0.5) is 5.69 Å². The molecule has 2 rings (SSSR count). The van der Waals surface area contributed by atoms with Crippen LogP contribution in [-0.2, 0) is 4.74 Å². The molecule has 1 aliphatic rings. The number of anilines is 1. The second-order valence-corrected chi connectivity index (χ2v) is 3.30. The molecule has 0 aromatic carbocycles. The summed E-state index contributed by atoms with van der Waals surface area (Å²) in [5, 5.41) is 9.00. The fourth-order valence-electron chi connectivity index (χ4n) is 1.63. The summed E-state index contributed by atoms with van der Waals surface area (Å²) in [6.07, 6.45) is 2.99. The summed E-state index contributed by atoms with van der Waals surface area (Å²) in [7, 11) is 0. The molecule has 0 atom stereocenters. The summed E-state index contributed by atoms with van der Waals surface area (Å²) < 4.78 is 5.22. The van der Waals surface area contributed by atoms with Gasteiger partial charge in [-0.05, 0) is 6.07 Å². The van der Waals surface area contributed by atoms with Gasteiger partial charge in [-0.25, -0.2) is 4.79 Å². The zero-order valence-electron chi connectivity index (χ0n) is 9.22. The smallest absolute Gasteiger partial charge is 0.339 e. The maximum absolute atomic E-state index is 11.0. The van der Waals surface area contributed by atoms with Crippen molar-refractivity contribution in [3.05, 3.63) is 24.0 Å². The molecular weight excluding hydrogens is 235 g/mol. The molecule has 2 heterocycles. The predicted octanol–water partition coefficient (Wildman–Crippen LogP) is 0.236. The standard InChI is InChI=1S/C10H12N2O3.K/c13-10(14)8-7-11-2-1-9(8)12-3-5-15-6-4-12;/h1-2,7H,3-6H2,(H,13,14);. The van der Waals surface area contributed by atoms with E-state index in [1.54, 1.807) is 12.3 Å². The number of aromatic carboxylic acids is 1. The summed E-state index contributed by atoms with van der Waals surface area (Å²) in [5.41, 5.74) is 0.972. The fraction of sp³-hybridized carbons (Fsp3) is 0.400. The minimum atomic E-state index is -0.940. The van der Waals surface area contributed by atoms with Crippen LogP contribution in [0.5, 0.6) is 0 Å². The molecule has 0 saturated carbocycles. The molecule has 1 saturated heterocycles. The van der Waals surface area contributed by atoms with Crippen molar-refractivity contribution in [2.24, 2.45) is 0 Å². The van der Waals surface area contributed by atoms with Crippen LogP contribution in [0.2, 0.25) is 0 Å². The number of nitrogens with zero attached hydrogens (tertiary/aromatic N) is 2. The Morgan fingerprint density at radius 1 is 1.44 bits per heavy atom. The first kappa shape index (κ1) is 14.1. The number of carbonyl (C=O) groups is 1. The van der Waals surface area contributed by atoms with E-state index in [9.17, 15) is 4.79 Å². The van der Waals surface area contributed by atoms with Crippen LogP contribution in [0.15, 0.2) is 18.5 Å². The van der Waals surface area contributed by atoms with Gasteiger partial charge in [0.1, 0.15) is 5.56 Å². The first-order chi connectivity index (χ1) is 7.29. The number of morpholine rings is 1. The average Bonchev–Trinajstić information content (AvgIpc) is 2.30. The molecule has 0 spiro atoms. The molecule has 0 amide bonds. The number of rotatable bonds is 2. The molecular formula is C10H12KN2O3. The summed E-state index contributed by atoms with van der Waals surface area (Å²) >= 11 is 0. The number of carboxylic acids is 1. The molecule has 0 bridgehead atoms. The molecule has 0 unspecified atom stereocenters. The second-order valence-electron chi connectivity index (χ2n) is 3.30. The topological polar surface area (TPSA) is 62.7 Å². The minimum Gasteiger partial charge on any atom is -0.478 e. The number of aromatic nitrogens is 1. The van der Waals surface area contributed by atoms with E-state index >= 15 is 0 Å². The molecule has 1 radical (unpaired) electrons. The summed E-state index contributed by atoms with van der Waals surface area (Å²) in [5.74, 6) is -0.940. The Morgan fingerprint density at radius 2 is 2.12 bits per heavy atom. The molecule has 1 aromatic rings. The van der Waals surface area contributed by atoms with Gasteiger partial charge < -0.3 is 14.7 Å². The Labute approximate surface area is 136 Å². The summed E-state index contributed by atoms with van der Waals surface area (Å²) in [4.78, 5) is 16.8. The average molecular weight is 247 g/mol. The third-order valence-electron chi connectivity index (χ3n) is 2.38. The van der Waals surface area contributed by atoms with Crippen molar-refractivity contribution in [3.63, 3.8) is 0 Å². The van der Waals surface area contributed by atoms with Crippen LogP contribution in [0, 0.1) is 0 Å². The van der Waals surface area contributed by atoms with E-state index in [0.717, 1.165) is 18.8 Å². The van der Waals surface area contributed by atoms with E-state index in [2.05, 4.69) is 4.98 Å². The SMILES string of the molecule is O=C(O)c1cnccc1N1CCOCC1.[K]. The molecule has 1 N–H and O–H groups in total. The number of ether oxygens (including phenoxy) is 1. The van der Waals surface area contributed by atoms with Gasteiger partial charge in [0.25, 0.3) is 0 Å². The molecule has 1 aliphatic heterocycles. The van der Waals surface area contributed by atoms with Gasteiger partial charge in [-0.15, -0.1) is 0 Å². The molecule has 1 aromatic heterocycles. The van der Waals surface area contributed by atoms with E-state index in [1.165, 1.54) is 6.20 Å². The maximum Gasteiger partial charge on any atom is 0.339 e. The van der Waals surface area contributed by atoms with Crippen LogP contribution < -0.4 is 4.90 Å². The molecule has 5 nitrogen and oxygen atoms in total. The van der Waals surface area contributed by atoms with E-state index in [1.807, 2.05) is 4.90 Å². The van der Waals surface area contributed by atoms with Crippen molar-refractivity contribution in [3.8, 4) is 0 Å². The third-order valence-corrected chi connectivity index (χ3v) is 2.38. The van der Waals surface area contributed by atoms with Crippen LogP contribution in [0.1, 0.15) is 10.4 Å². The van der Waals surface area contributed by atoms with Crippen molar-refractivity contribution >= 4 is 63.0 Å². The number of pyridine rings is 1. The van der Waals surface area contributed by atoms with Gasteiger partial charge in [0.05, 0.1) is 18.9 Å². The molecule has 16 heavy (non-hydrogen) atoms. The minimum absolute atomic E-state index is 0. The Hall–Kier alpha value is 0.0164. The zero-order chi connectivity index (χ0) is 10.7. The zero-order valence-corrected chi connectivity index (χ0v) is 12.3. The van der Waals surface area contributed by atoms with Crippen molar-refractivity contribution in [2.75, 3.05) is 31.2 Å². The first-order valence-corrected chi connectivity index (χ1v) is 4.79. The number of hydrogen-bond donors (Lipinski definition) is 1. The van der Waals surface area contributed by atoms with Crippen LogP contribution in [0.3, 0.4) is 0 Å². The Kier molecular flexibility index (Phi) is 5.88. The van der Waals surface area contributed by atoms with Gasteiger partial charge in [-0.2, -0.15) is 0 Å². The molecule has 81 valence electrons.